The first kappa shape index (κ1) is 20.8. The first-order valence-electron chi connectivity index (χ1n) is 9.45. The molecule has 0 saturated heterocycles. The molecule has 0 aliphatic heterocycles. The van der Waals surface area contributed by atoms with Gasteiger partial charge in [-0.2, -0.15) is 0 Å². The molecule has 6 nitrogen and oxygen atoms in total. The molecule has 0 unspecified atom stereocenters. The second-order valence-corrected chi connectivity index (χ2v) is 6.77. The van der Waals surface area contributed by atoms with E-state index in [9.17, 15) is 14.4 Å². The smallest absolute Gasteiger partial charge is 0.308 e. The topological polar surface area (TPSA) is 84.5 Å². The third-order valence-corrected chi connectivity index (χ3v) is 4.39. The van der Waals surface area contributed by atoms with Crippen LogP contribution in [-0.4, -0.2) is 17.8 Å². The lowest BCUT2D eigenvalue weighted by molar-refractivity contribution is -0.131. The summed E-state index contributed by atoms with van der Waals surface area (Å²) in [5, 5.41) is 5.71. The summed E-state index contributed by atoms with van der Waals surface area (Å²) in [6.45, 7) is 3.47. The molecule has 3 aromatic carbocycles. The molecule has 0 atom stereocenters. The number of carbonyl (C=O) groups is 3. The maximum Gasteiger partial charge on any atom is 0.308 e. The van der Waals surface area contributed by atoms with Crippen LogP contribution in [0.25, 0.3) is 0 Å². The quantitative estimate of drug-likeness (QED) is 0.480. The van der Waals surface area contributed by atoms with Gasteiger partial charge in [0.25, 0.3) is 11.8 Å². The van der Waals surface area contributed by atoms with Crippen molar-refractivity contribution >= 4 is 23.5 Å². The molecular weight excluding hydrogens is 380 g/mol. The van der Waals surface area contributed by atoms with E-state index < -0.39 is 5.97 Å². The van der Waals surface area contributed by atoms with Gasteiger partial charge < -0.3 is 15.4 Å². The molecule has 0 fully saturated rings. The van der Waals surface area contributed by atoms with E-state index in [1.165, 1.54) is 13.0 Å². The largest absolute Gasteiger partial charge is 0.427 e. The number of anilines is 1. The number of amides is 2. The third kappa shape index (κ3) is 5.54. The van der Waals surface area contributed by atoms with Gasteiger partial charge in [-0.05, 0) is 54.4 Å². The molecular formula is C24H22N2O4. The number of ether oxygens (including phenoxy) is 1. The number of nitrogens with one attached hydrogen (secondary N) is 2. The summed E-state index contributed by atoms with van der Waals surface area (Å²) in [6, 6.07) is 21.1. The molecule has 2 amide bonds. The van der Waals surface area contributed by atoms with Crippen molar-refractivity contribution in [3.05, 3.63) is 95.1 Å². The summed E-state index contributed by atoms with van der Waals surface area (Å²) in [7, 11) is 0. The van der Waals surface area contributed by atoms with E-state index in [1.807, 2.05) is 43.3 Å². The fourth-order valence-corrected chi connectivity index (χ4v) is 2.94. The zero-order chi connectivity index (χ0) is 21.5. The first-order chi connectivity index (χ1) is 14.4. The standard InChI is InChI=1S/C24H22N2O4/c1-16-7-3-4-12-22(16)24(29)26-20-10-5-8-18(13-20)15-25-23(28)19-9-6-11-21(14-19)30-17(2)27/h3-14H,15H2,1-2H3,(H,25,28)(H,26,29). The van der Waals surface area contributed by atoms with Crippen molar-refractivity contribution in [1.82, 2.24) is 5.32 Å². The van der Waals surface area contributed by atoms with Crippen LogP contribution in [0.3, 0.4) is 0 Å². The highest BCUT2D eigenvalue weighted by atomic mass is 16.5. The predicted octanol–water partition coefficient (Wildman–Crippen LogP) is 4.10. The van der Waals surface area contributed by atoms with E-state index in [0.29, 0.717) is 22.6 Å². The van der Waals surface area contributed by atoms with Crippen LogP contribution in [0.5, 0.6) is 5.75 Å². The van der Waals surface area contributed by atoms with Crippen LogP contribution in [-0.2, 0) is 11.3 Å². The van der Waals surface area contributed by atoms with Gasteiger partial charge in [-0.3, -0.25) is 14.4 Å². The van der Waals surface area contributed by atoms with Crippen LogP contribution in [0.2, 0.25) is 0 Å². The maximum absolute atomic E-state index is 12.5. The van der Waals surface area contributed by atoms with E-state index in [1.54, 1.807) is 30.3 Å². The number of hydrogen-bond donors (Lipinski definition) is 2. The molecule has 0 aromatic heterocycles. The molecule has 30 heavy (non-hydrogen) atoms. The molecule has 2 N–H and O–H groups in total. The van der Waals surface area contributed by atoms with Crippen LogP contribution < -0.4 is 15.4 Å². The fraction of sp³-hybridized carbons (Fsp3) is 0.125. The Morgan fingerprint density at radius 3 is 2.40 bits per heavy atom. The zero-order valence-electron chi connectivity index (χ0n) is 16.8. The molecule has 0 aliphatic rings. The van der Waals surface area contributed by atoms with Gasteiger partial charge >= 0.3 is 5.97 Å². The summed E-state index contributed by atoms with van der Waals surface area (Å²) in [5.74, 6) is -0.608. The highest BCUT2D eigenvalue weighted by Crippen LogP contribution is 2.16. The van der Waals surface area contributed by atoms with Crippen molar-refractivity contribution in [2.45, 2.75) is 20.4 Å². The monoisotopic (exact) mass is 402 g/mol. The van der Waals surface area contributed by atoms with Gasteiger partial charge in [-0.25, -0.2) is 0 Å². The molecule has 6 heteroatoms. The lowest BCUT2D eigenvalue weighted by Gasteiger charge is -2.10. The highest BCUT2D eigenvalue weighted by molar-refractivity contribution is 6.05. The Morgan fingerprint density at radius 1 is 0.867 bits per heavy atom. The van der Waals surface area contributed by atoms with E-state index in [-0.39, 0.29) is 18.4 Å². The van der Waals surface area contributed by atoms with Gasteiger partial charge in [0.1, 0.15) is 5.75 Å². The second-order valence-electron chi connectivity index (χ2n) is 6.77. The zero-order valence-corrected chi connectivity index (χ0v) is 16.8. The van der Waals surface area contributed by atoms with Gasteiger partial charge in [0, 0.05) is 30.3 Å². The Balaban J connectivity index is 1.63. The highest BCUT2D eigenvalue weighted by Gasteiger charge is 2.10. The van der Waals surface area contributed by atoms with Gasteiger partial charge in [0.2, 0.25) is 0 Å². The van der Waals surface area contributed by atoms with Crippen molar-refractivity contribution in [2.75, 3.05) is 5.32 Å². The lowest BCUT2D eigenvalue weighted by Crippen LogP contribution is -2.23. The van der Waals surface area contributed by atoms with E-state index in [2.05, 4.69) is 10.6 Å². The minimum absolute atomic E-state index is 0.184. The van der Waals surface area contributed by atoms with Crippen LogP contribution in [0.4, 0.5) is 5.69 Å². The maximum atomic E-state index is 12.5. The van der Waals surface area contributed by atoms with Gasteiger partial charge in [0.05, 0.1) is 0 Å². The van der Waals surface area contributed by atoms with Crippen molar-refractivity contribution < 1.29 is 19.1 Å². The average molecular weight is 402 g/mol. The SMILES string of the molecule is CC(=O)Oc1cccc(C(=O)NCc2cccc(NC(=O)c3ccccc3C)c2)c1. The van der Waals surface area contributed by atoms with Crippen molar-refractivity contribution in [2.24, 2.45) is 0 Å². The fourth-order valence-electron chi connectivity index (χ4n) is 2.94. The second kappa shape index (κ2) is 9.52. The molecule has 0 aliphatic carbocycles. The summed E-state index contributed by atoms with van der Waals surface area (Å²) in [6.07, 6.45) is 0. The van der Waals surface area contributed by atoms with E-state index in [4.69, 9.17) is 4.74 Å². The van der Waals surface area contributed by atoms with Crippen LogP contribution in [0.15, 0.2) is 72.8 Å². The Hall–Kier alpha value is -3.93. The number of benzene rings is 3. The Morgan fingerprint density at radius 2 is 1.63 bits per heavy atom. The van der Waals surface area contributed by atoms with E-state index in [0.717, 1.165) is 11.1 Å². The number of carbonyl (C=O) groups excluding carboxylic acids is 3. The molecule has 0 spiro atoms. The summed E-state index contributed by atoms with van der Waals surface area (Å²) >= 11 is 0. The van der Waals surface area contributed by atoms with Crippen LogP contribution in [0, 0.1) is 6.92 Å². The molecule has 3 aromatic rings. The Labute approximate surface area is 174 Å². The van der Waals surface area contributed by atoms with Crippen LogP contribution >= 0.6 is 0 Å². The Kier molecular flexibility index (Phi) is 6.60. The number of aryl methyl sites for hydroxylation is 1. The minimum atomic E-state index is -0.447. The summed E-state index contributed by atoms with van der Waals surface area (Å²) in [5.41, 5.74) is 3.38. The van der Waals surface area contributed by atoms with Crippen molar-refractivity contribution in [3.8, 4) is 5.75 Å². The molecule has 0 heterocycles. The van der Waals surface area contributed by atoms with Gasteiger partial charge in [0.15, 0.2) is 0 Å². The Bertz CT molecular complexity index is 1090. The van der Waals surface area contributed by atoms with E-state index >= 15 is 0 Å². The predicted molar refractivity (Wildman–Crippen MR) is 114 cm³/mol. The lowest BCUT2D eigenvalue weighted by atomic mass is 10.1. The molecule has 0 bridgehead atoms. The number of rotatable bonds is 6. The molecule has 3 rings (SSSR count). The van der Waals surface area contributed by atoms with Crippen LogP contribution in [0.1, 0.15) is 38.8 Å². The number of hydrogen-bond acceptors (Lipinski definition) is 4. The minimum Gasteiger partial charge on any atom is -0.427 e. The van der Waals surface area contributed by atoms with Gasteiger partial charge in [-0.15, -0.1) is 0 Å². The summed E-state index contributed by atoms with van der Waals surface area (Å²) in [4.78, 5) is 36.0. The molecule has 0 saturated carbocycles. The van der Waals surface area contributed by atoms with Gasteiger partial charge in [-0.1, -0.05) is 36.4 Å². The normalized spacial score (nSPS) is 10.2. The molecule has 0 radical (unpaired) electrons. The number of esters is 1. The third-order valence-electron chi connectivity index (χ3n) is 4.39. The van der Waals surface area contributed by atoms with Crippen molar-refractivity contribution in [1.29, 1.82) is 0 Å². The average Bonchev–Trinajstić information content (AvgIpc) is 2.72. The summed E-state index contributed by atoms with van der Waals surface area (Å²) < 4.78 is 5.01. The molecule has 152 valence electrons. The first-order valence-corrected chi connectivity index (χ1v) is 9.45. The van der Waals surface area contributed by atoms with Crippen molar-refractivity contribution in [3.63, 3.8) is 0 Å².